The molecule has 0 unspecified atom stereocenters. The molecule has 0 atom stereocenters. The van der Waals surface area contributed by atoms with Crippen molar-refractivity contribution in [3.63, 3.8) is 0 Å². The van der Waals surface area contributed by atoms with E-state index in [4.69, 9.17) is 9.47 Å². The van der Waals surface area contributed by atoms with Crippen molar-refractivity contribution >= 4 is 38.3 Å². The van der Waals surface area contributed by atoms with Crippen LogP contribution in [0.2, 0.25) is 0 Å². The molecule has 0 spiro atoms. The van der Waals surface area contributed by atoms with Gasteiger partial charge in [-0.15, -0.1) is 11.3 Å². The van der Waals surface area contributed by atoms with E-state index >= 15 is 0 Å². The summed E-state index contributed by atoms with van der Waals surface area (Å²) in [6.07, 6.45) is 5.68. The Hall–Kier alpha value is -1.60. The first-order valence-corrected chi connectivity index (χ1v) is 9.44. The number of benzene rings is 1. The molecule has 1 aliphatic carbocycles. The Kier molecular flexibility index (Phi) is 5.40. The van der Waals surface area contributed by atoms with Gasteiger partial charge < -0.3 is 9.47 Å². The molecule has 0 saturated carbocycles. The van der Waals surface area contributed by atoms with Gasteiger partial charge in [-0.3, -0.25) is 10.1 Å². The number of thiazole rings is 1. The zero-order valence-electron chi connectivity index (χ0n) is 13.6. The monoisotopic (exact) mass is 410 g/mol. The maximum Gasteiger partial charge on any atom is 0.257 e. The molecule has 128 valence electrons. The summed E-state index contributed by atoms with van der Waals surface area (Å²) in [7, 11) is 3.11. The molecular formula is C17H19BrN2O3S. The van der Waals surface area contributed by atoms with Crippen LogP contribution in [-0.4, -0.2) is 25.1 Å². The fourth-order valence-corrected chi connectivity index (χ4v) is 4.35. The molecule has 0 bridgehead atoms. The topological polar surface area (TPSA) is 60.5 Å². The number of rotatable bonds is 4. The molecule has 1 aromatic heterocycles. The molecule has 1 aliphatic rings. The van der Waals surface area contributed by atoms with Crippen LogP contribution in [0.15, 0.2) is 16.6 Å². The van der Waals surface area contributed by atoms with Crippen molar-refractivity contribution in [3.05, 3.63) is 32.7 Å². The molecule has 5 nitrogen and oxygen atoms in total. The molecule has 1 N–H and O–H groups in total. The highest BCUT2D eigenvalue weighted by Crippen LogP contribution is 2.36. The van der Waals surface area contributed by atoms with E-state index in [0.717, 1.165) is 18.5 Å². The predicted molar refractivity (Wildman–Crippen MR) is 98.6 cm³/mol. The van der Waals surface area contributed by atoms with Crippen LogP contribution in [-0.2, 0) is 12.8 Å². The van der Waals surface area contributed by atoms with Crippen molar-refractivity contribution in [2.45, 2.75) is 32.1 Å². The Bertz CT molecular complexity index is 712. The third-order valence-corrected chi connectivity index (χ3v) is 5.88. The van der Waals surface area contributed by atoms with Gasteiger partial charge in [0.25, 0.3) is 5.91 Å². The molecular weight excluding hydrogens is 392 g/mol. The molecule has 24 heavy (non-hydrogen) atoms. The number of nitrogens with one attached hydrogen (secondary N) is 1. The molecule has 7 heteroatoms. The van der Waals surface area contributed by atoms with E-state index in [1.54, 1.807) is 37.7 Å². The molecule has 0 fully saturated rings. The van der Waals surface area contributed by atoms with Crippen molar-refractivity contribution in [2.24, 2.45) is 0 Å². The minimum Gasteiger partial charge on any atom is -0.495 e. The zero-order valence-corrected chi connectivity index (χ0v) is 16.1. The smallest absolute Gasteiger partial charge is 0.257 e. The number of nitrogens with zero attached hydrogens (tertiary/aromatic N) is 1. The molecule has 3 rings (SSSR count). The molecule has 0 radical (unpaired) electrons. The van der Waals surface area contributed by atoms with Crippen molar-refractivity contribution < 1.29 is 14.3 Å². The summed E-state index contributed by atoms with van der Waals surface area (Å²) in [5.41, 5.74) is 1.61. The van der Waals surface area contributed by atoms with Crippen molar-refractivity contribution in [1.29, 1.82) is 0 Å². The van der Waals surface area contributed by atoms with Crippen LogP contribution in [0.4, 0.5) is 5.13 Å². The van der Waals surface area contributed by atoms with E-state index in [0.29, 0.717) is 26.7 Å². The van der Waals surface area contributed by atoms with Crippen molar-refractivity contribution in [2.75, 3.05) is 19.5 Å². The van der Waals surface area contributed by atoms with E-state index in [1.807, 2.05) is 0 Å². The maximum atomic E-state index is 12.6. The molecule has 1 heterocycles. The number of methoxy groups -OCH3 is 2. The summed E-state index contributed by atoms with van der Waals surface area (Å²) in [6.45, 7) is 0. The van der Waals surface area contributed by atoms with Crippen molar-refractivity contribution in [3.8, 4) is 11.5 Å². The maximum absolute atomic E-state index is 12.6. The van der Waals surface area contributed by atoms with Crippen LogP contribution < -0.4 is 14.8 Å². The lowest BCUT2D eigenvalue weighted by Gasteiger charge is -2.11. The number of aryl methyl sites for hydroxylation is 2. The predicted octanol–water partition coefficient (Wildman–Crippen LogP) is 4.44. The van der Waals surface area contributed by atoms with Gasteiger partial charge in [0, 0.05) is 10.4 Å². The fraction of sp³-hybridized carbons (Fsp3) is 0.412. The van der Waals surface area contributed by atoms with E-state index < -0.39 is 0 Å². The summed E-state index contributed by atoms with van der Waals surface area (Å²) in [4.78, 5) is 18.5. The van der Waals surface area contributed by atoms with Crippen LogP contribution in [0, 0.1) is 0 Å². The van der Waals surface area contributed by atoms with Gasteiger partial charge in [-0.2, -0.15) is 0 Å². The lowest BCUT2D eigenvalue weighted by molar-refractivity contribution is 0.102. The Morgan fingerprint density at radius 1 is 1.17 bits per heavy atom. The largest absolute Gasteiger partial charge is 0.495 e. The van der Waals surface area contributed by atoms with Gasteiger partial charge in [-0.05, 0) is 53.7 Å². The Morgan fingerprint density at radius 2 is 1.83 bits per heavy atom. The molecule has 0 saturated heterocycles. The van der Waals surface area contributed by atoms with Gasteiger partial charge in [0.2, 0.25) is 0 Å². The van der Waals surface area contributed by atoms with Crippen molar-refractivity contribution in [1.82, 2.24) is 4.98 Å². The van der Waals surface area contributed by atoms with E-state index in [1.165, 1.54) is 24.1 Å². The van der Waals surface area contributed by atoms with Gasteiger partial charge in [0.15, 0.2) is 5.13 Å². The minimum atomic E-state index is -0.219. The van der Waals surface area contributed by atoms with Crippen LogP contribution >= 0.6 is 27.3 Å². The number of hydrogen-bond donors (Lipinski definition) is 1. The van der Waals surface area contributed by atoms with Gasteiger partial charge in [0.1, 0.15) is 16.0 Å². The van der Waals surface area contributed by atoms with Crippen LogP contribution in [0.3, 0.4) is 0 Å². The SMILES string of the molecule is COc1cc(C(=O)Nc2nc3c(s2)CCCCC3)cc(OC)c1Br. The van der Waals surface area contributed by atoms with E-state index in [2.05, 4.69) is 26.2 Å². The second-order valence-electron chi connectivity index (χ2n) is 5.60. The number of anilines is 1. The normalized spacial score (nSPS) is 13.8. The number of ether oxygens (including phenoxy) is 2. The highest BCUT2D eigenvalue weighted by Gasteiger charge is 2.18. The fourth-order valence-electron chi connectivity index (χ4n) is 2.75. The molecule has 1 aromatic carbocycles. The lowest BCUT2D eigenvalue weighted by Crippen LogP contribution is -2.12. The third kappa shape index (κ3) is 3.57. The second-order valence-corrected chi connectivity index (χ2v) is 7.48. The van der Waals surface area contributed by atoms with Gasteiger partial charge in [0.05, 0.1) is 19.9 Å². The van der Waals surface area contributed by atoms with Gasteiger partial charge >= 0.3 is 0 Å². The number of carbonyl (C=O) groups excluding carboxylic acids is 1. The Morgan fingerprint density at radius 3 is 2.50 bits per heavy atom. The van der Waals surface area contributed by atoms with E-state index in [-0.39, 0.29) is 5.91 Å². The highest BCUT2D eigenvalue weighted by molar-refractivity contribution is 9.10. The number of hydrogen-bond acceptors (Lipinski definition) is 5. The quantitative estimate of drug-likeness (QED) is 0.756. The molecule has 1 amide bonds. The average molecular weight is 411 g/mol. The van der Waals surface area contributed by atoms with Crippen LogP contribution in [0.25, 0.3) is 0 Å². The summed E-state index contributed by atoms with van der Waals surface area (Å²) in [6, 6.07) is 3.36. The Labute approximate surface area is 153 Å². The number of aromatic nitrogens is 1. The van der Waals surface area contributed by atoms with Gasteiger partial charge in [-0.1, -0.05) is 6.42 Å². The highest BCUT2D eigenvalue weighted by atomic mass is 79.9. The average Bonchev–Trinajstić information content (AvgIpc) is 2.83. The first-order valence-electron chi connectivity index (χ1n) is 7.84. The second kappa shape index (κ2) is 7.53. The number of halogens is 1. The first-order chi connectivity index (χ1) is 11.6. The molecule has 0 aliphatic heterocycles. The Balaban J connectivity index is 1.82. The summed E-state index contributed by atoms with van der Waals surface area (Å²) in [5.74, 6) is 0.881. The summed E-state index contributed by atoms with van der Waals surface area (Å²) in [5, 5.41) is 3.56. The number of amides is 1. The van der Waals surface area contributed by atoms with Crippen LogP contribution in [0.1, 0.15) is 40.2 Å². The zero-order chi connectivity index (χ0) is 17.1. The number of fused-ring (bicyclic) bond motifs is 1. The minimum absolute atomic E-state index is 0.219. The summed E-state index contributed by atoms with van der Waals surface area (Å²) >= 11 is 4.99. The lowest BCUT2D eigenvalue weighted by atomic mass is 10.2. The summed E-state index contributed by atoms with van der Waals surface area (Å²) < 4.78 is 11.3. The van der Waals surface area contributed by atoms with Crippen LogP contribution in [0.5, 0.6) is 11.5 Å². The third-order valence-electron chi connectivity index (χ3n) is 4.02. The standard InChI is InChI=1S/C17H19BrN2O3S/c1-22-12-8-10(9-13(23-2)15(12)18)16(21)20-17-19-11-6-4-3-5-7-14(11)24-17/h8-9H,3-7H2,1-2H3,(H,19,20,21). The van der Waals surface area contributed by atoms with E-state index in [9.17, 15) is 4.79 Å². The number of carbonyl (C=O) groups is 1. The first kappa shape index (κ1) is 17.2. The van der Waals surface area contributed by atoms with Gasteiger partial charge in [-0.25, -0.2) is 4.98 Å². The molecule has 2 aromatic rings.